The molecule has 55 valence electrons. The maximum atomic E-state index is 11.2. The number of ketones is 1. The first kappa shape index (κ1) is 7.52. The molecule has 0 aromatic heterocycles. The molecule has 0 spiro atoms. The Labute approximate surface area is 62.1 Å². The molecule has 0 amide bonds. The smallest absolute Gasteiger partial charge is 0.161 e. The fraction of sp³-hybridized carbons (Fsp3) is 0.667. The summed E-state index contributed by atoms with van der Waals surface area (Å²) in [5.74, 6) is 0.443. The summed E-state index contributed by atoms with van der Waals surface area (Å²) < 4.78 is 0. The van der Waals surface area contributed by atoms with E-state index in [9.17, 15) is 4.79 Å². The average molecular weight is 137 g/mol. The van der Waals surface area contributed by atoms with Gasteiger partial charge in [0.1, 0.15) is 0 Å². The highest BCUT2D eigenvalue weighted by atomic mass is 16.1. The van der Waals surface area contributed by atoms with E-state index < -0.39 is 0 Å². The lowest BCUT2D eigenvalue weighted by Gasteiger charge is -2.02. The van der Waals surface area contributed by atoms with E-state index in [1.807, 2.05) is 13.8 Å². The van der Waals surface area contributed by atoms with Crippen LogP contribution in [0, 0.1) is 12.0 Å². The molecule has 0 fully saturated rings. The van der Waals surface area contributed by atoms with Gasteiger partial charge >= 0.3 is 0 Å². The average Bonchev–Trinajstić information content (AvgIpc) is 2.36. The Morgan fingerprint density at radius 1 is 1.60 bits per heavy atom. The largest absolute Gasteiger partial charge is 0.294 e. The highest BCUT2D eigenvalue weighted by molar-refractivity contribution is 5.96. The molecule has 0 bridgehead atoms. The van der Waals surface area contributed by atoms with Crippen molar-refractivity contribution in [2.75, 3.05) is 0 Å². The highest BCUT2D eigenvalue weighted by Gasteiger charge is 2.15. The predicted octanol–water partition coefficient (Wildman–Crippen LogP) is 2.12. The third kappa shape index (κ3) is 1.47. The van der Waals surface area contributed by atoms with E-state index in [-0.39, 0.29) is 11.7 Å². The van der Waals surface area contributed by atoms with Gasteiger partial charge in [-0.05, 0) is 30.9 Å². The van der Waals surface area contributed by atoms with Gasteiger partial charge in [0, 0.05) is 5.92 Å². The number of hydrogen-bond acceptors (Lipinski definition) is 1. The molecule has 0 heterocycles. The number of carbonyl (C=O) groups excluding carboxylic acids is 1. The summed E-state index contributed by atoms with van der Waals surface area (Å²) in [5.41, 5.74) is 0.940. The predicted molar refractivity (Wildman–Crippen MR) is 40.5 cm³/mol. The first-order valence-corrected chi connectivity index (χ1v) is 3.85. The fourth-order valence-electron chi connectivity index (χ4n) is 1.15. The van der Waals surface area contributed by atoms with Gasteiger partial charge in [0.15, 0.2) is 5.78 Å². The molecule has 0 aliphatic heterocycles. The van der Waals surface area contributed by atoms with E-state index in [0.717, 1.165) is 24.8 Å². The molecule has 0 unspecified atom stereocenters. The molecule has 0 aromatic rings. The van der Waals surface area contributed by atoms with Gasteiger partial charge in [-0.2, -0.15) is 0 Å². The third-order valence-corrected chi connectivity index (χ3v) is 1.76. The first-order valence-electron chi connectivity index (χ1n) is 3.85. The first-order chi connectivity index (χ1) is 4.72. The second-order valence-electron chi connectivity index (χ2n) is 3.03. The maximum Gasteiger partial charge on any atom is 0.161 e. The molecule has 1 nitrogen and oxygen atoms in total. The Morgan fingerprint density at radius 3 is 2.70 bits per heavy atom. The molecule has 0 aromatic carbocycles. The van der Waals surface area contributed by atoms with Crippen molar-refractivity contribution in [3.63, 3.8) is 0 Å². The fourth-order valence-corrected chi connectivity index (χ4v) is 1.15. The summed E-state index contributed by atoms with van der Waals surface area (Å²) in [6.45, 7) is 3.88. The van der Waals surface area contributed by atoms with Crippen molar-refractivity contribution in [1.29, 1.82) is 0 Å². The van der Waals surface area contributed by atoms with Crippen molar-refractivity contribution in [2.45, 2.75) is 33.1 Å². The van der Waals surface area contributed by atoms with Crippen LogP contribution in [-0.4, -0.2) is 5.78 Å². The van der Waals surface area contributed by atoms with Crippen LogP contribution in [-0.2, 0) is 4.79 Å². The minimum atomic E-state index is 0.153. The summed E-state index contributed by atoms with van der Waals surface area (Å²) in [4.78, 5) is 11.2. The summed E-state index contributed by atoms with van der Waals surface area (Å²) in [5, 5.41) is 0. The second kappa shape index (κ2) is 3.00. The Kier molecular flexibility index (Phi) is 2.25. The Bertz CT molecular complexity index is 166. The monoisotopic (exact) mass is 137 g/mol. The van der Waals surface area contributed by atoms with Crippen molar-refractivity contribution in [2.24, 2.45) is 5.92 Å². The van der Waals surface area contributed by atoms with Crippen molar-refractivity contribution in [3.8, 4) is 0 Å². The van der Waals surface area contributed by atoms with Crippen molar-refractivity contribution in [1.82, 2.24) is 0 Å². The van der Waals surface area contributed by atoms with Crippen LogP contribution in [0.3, 0.4) is 0 Å². The van der Waals surface area contributed by atoms with Gasteiger partial charge in [0.05, 0.1) is 0 Å². The normalized spacial score (nSPS) is 17.7. The number of allylic oxidation sites excluding steroid dienone is 2. The van der Waals surface area contributed by atoms with E-state index >= 15 is 0 Å². The van der Waals surface area contributed by atoms with Crippen LogP contribution in [0.15, 0.2) is 5.57 Å². The molecule has 0 saturated heterocycles. The molecule has 10 heavy (non-hydrogen) atoms. The van der Waals surface area contributed by atoms with Gasteiger partial charge in [0.2, 0.25) is 0 Å². The number of rotatable bonds is 2. The number of Topliss-reactive ketones (excluding diaryl/α,β-unsaturated/α-hetero) is 1. The Balaban J connectivity index is 2.56. The van der Waals surface area contributed by atoms with Crippen molar-refractivity contribution < 1.29 is 4.79 Å². The molecule has 1 aliphatic rings. The van der Waals surface area contributed by atoms with E-state index in [4.69, 9.17) is 0 Å². The number of hydrogen-bond donors (Lipinski definition) is 0. The molecule has 0 saturated carbocycles. The summed E-state index contributed by atoms with van der Waals surface area (Å²) >= 11 is 0. The van der Waals surface area contributed by atoms with Crippen LogP contribution in [0.4, 0.5) is 0 Å². The lowest BCUT2D eigenvalue weighted by Crippen LogP contribution is -2.08. The number of carbonyl (C=O) groups is 1. The maximum absolute atomic E-state index is 11.2. The molecule has 0 N–H and O–H groups in total. The van der Waals surface area contributed by atoms with E-state index in [1.165, 1.54) is 0 Å². The molecule has 1 aliphatic carbocycles. The SMILES string of the molecule is CC(C)C(=O)C1=[C]CCC1. The van der Waals surface area contributed by atoms with Gasteiger partial charge in [-0.3, -0.25) is 4.79 Å². The second-order valence-corrected chi connectivity index (χ2v) is 3.03. The van der Waals surface area contributed by atoms with E-state index in [2.05, 4.69) is 6.08 Å². The van der Waals surface area contributed by atoms with Gasteiger partial charge < -0.3 is 0 Å². The van der Waals surface area contributed by atoms with E-state index in [0.29, 0.717) is 0 Å². The quantitative estimate of drug-likeness (QED) is 0.569. The molecular weight excluding hydrogens is 124 g/mol. The molecule has 1 heteroatoms. The minimum absolute atomic E-state index is 0.153. The molecule has 1 rings (SSSR count). The van der Waals surface area contributed by atoms with Gasteiger partial charge in [-0.15, -0.1) is 0 Å². The molecular formula is C9H13O. The van der Waals surface area contributed by atoms with Crippen LogP contribution < -0.4 is 0 Å². The zero-order chi connectivity index (χ0) is 7.56. The van der Waals surface area contributed by atoms with Crippen molar-refractivity contribution in [3.05, 3.63) is 11.6 Å². The summed E-state index contributed by atoms with van der Waals surface area (Å²) in [6, 6.07) is 0. The van der Waals surface area contributed by atoms with Gasteiger partial charge in [-0.25, -0.2) is 0 Å². The molecule has 1 radical (unpaired) electrons. The lowest BCUT2D eigenvalue weighted by molar-refractivity contribution is -0.118. The summed E-state index contributed by atoms with van der Waals surface area (Å²) in [7, 11) is 0. The van der Waals surface area contributed by atoms with Crippen LogP contribution in [0.2, 0.25) is 0 Å². The van der Waals surface area contributed by atoms with Crippen LogP contribution >= 0.6 is 0 Å². The standard InChI is InChI=1S/C9H13O/c1-7(2)9(10)8-5-3-4-6-8/h7H,3-5H2,1-2H3. The molecule has 0 atom stereocenters. The Hall–Kier alpha value is -0.590. The zero-order valence-corrected chi connectivity index (χ0v) is 6.61. The van der Waals surface area contributed by atoms with Crippen LogP contribution in [0.1, 0.15) is 33.1 Å². The third-order valence-electron chi connectivity index (χ3n) is 1.76. The van der Waals surface area contributed by atoms with E-state index in [1.54, 1.807) is 0 Å². The van der Waals surface area contributed by atoms with Gasteiger partial charge in [0.25, 0.3) is 0 Å². The van der Waals surface area contributed by atoms with Crippen molar-refractivity contribution >= 4 is 5.78 Å². The van der Waals surface area contributed by atoms with Gasteiger partial charge in [-0.1, -0.05) is 13.8 Å². The van der Waals surface area contributed by atoms with Crippen LogP contribution in [0.25, 0.3) is 0 Å². The minimum Gasteiger partial charge on any atom is -0.294 e. The summed E-state index contributed by atoms with van der Waals surface area (Å²) in [6.07, 6.45) is 6.16. The topological polar surface area (TPSA) is 17.1 Å². The highest BCUT2D eigenvalue weighted by Crippen LogP contribution is 2.19. The lowest BCUT2D eigenvalue weighted by atomic mass is 10.0. The van der Waals surface area contributed by atoms with Crippen LogP contribution in [0.5, 0.6) is 0 Å². The zero-order valence-electron chi connectivity index (χ0n) is 6.61. The Morgan fingerprint density at radius 2 is 2.30 bits per heavy atom.